The number of carbonyl (C=O) groups excluding carboxylic acids is 1. The lowest BCUT2D eigenvalue weighted by Crippen LogP contribution is -2.41. The van der Waals surface area contributed by atoms with Crippen LogP contribution in [0.3, 0.4) is 0 Å². The van der Waals surface area contributed by atoms with Gasteiger partial charge in [0, 0.05) is 31.4 Å². The highest BCUT2D eigenvalue weighted by Crippen LogP contribution is 2.16. The van der Waals surface area contributed by atoms with E-state index in [1.807, 2.05) is 13.8 Å². The van der Waals surface area contributed by atoms with E-state index in [-0.39, 0.29) is 17.9 Å². The Bertz CT molecular complexity index is 704. The lowest BCUT2D eigenvalue weighted by Gasteiger charge is -2.22. The number of rotatable bonds is 9. The van der Waals surface area contributed by atoms with E-state index in [1.165, 1.54) is 10.9 Å². The van der Waals surface area contributed by atoms with Crippen LogP contribution >= 0.6 is 0 Å². The Morgan fingerprint density at radius 3 is 2.96 bits per heavy atom. The van der Waals surface area contributed by atoms with Crippen LogP contribution in [0.15, 0.2) is 36.5 Å². The zero-order valence-corrected chi connectivity index (χ0v) is 15.8. The minimum absolute atomic E-state index is 0.0182. The molecule has 0 saturated carbocycles. The number of benzene rings is 1. The molecule has 1 fully saturated rings. The molecule has 142 valence electrons. The number of nitrogens with one attached hydrogen (secondary N) is 1. The van der Waals surface area contributed by atoms with Crippen LogP contribution in [0, 0.1) is 5.92 Å². The first-order valence-corrected chi connectivity index (χ1v) is 9.70. The number of fused-ring (bicyclic) bond motifs is 1. The van der Waals surface area contributed by atoms with Gasteiger partial charge in [0.05, 0.1) is 12.7 Å². The first kappa shape index (κ1) is 18.9. The molecule has 2 unspecified atom stereocenters. The predicted molar refractivity (Wildman–Crippen MR) is 103 cm³/mol. The van der Waals surface area contributed by atoms with Gasteiger partial charge in [0.2, 0.25) is 5.91 Å². The monoisotopic (exact) mass is 358 g/mol. The Balaban J connectivity index is 1.42. The summed E-state index contributed by atoms with van der Waals surface area (Å²) >= 11 is 0. The Hall–Kier alpha value is -1.85. The number of ether oxygens (including phenoxy) is 2. The van der Waals surface area contributed by atoms with Gasteiger partial charge in [-0.1, -0.05) is 32.0 Å². The first-order chi connectivity index (χ1) is 12.6. The maximum absolute atomic E-state index is 12.5. The molecule has 2 heterocycles. The molecule has 0 bridgehead atoms. The van der Waals surface area contributed by atoms with E-state index in [4.69, 9.17) is 9.47 Å². The van der Waals surface area contributed by atoms with Gasteiger partial charge in [0.15, 0.2) is 0 Å². The average molecular weight is 358 g/mol. The number of hydrogen-bond acceptors (Lipinski definition) is 3. The molecule has 5 nitrogen and oxygen atoms in total. The van der Waals surface area contributed by atoms with E-state index in [9.17, 15) is 4.79 Å². The van der Waals surface area contributed by atoms with E-state index in [2.05, 4.69) is 46.4 Å². The van der Waals surface area contributed by atoms with E-state index in [0.717, 1.165) is 32.4 Å². The largest absolute Gasteiger partial charge is 0.376 e. The highest BCUT2D eigenvalue weighted by atomic mass is 16.5. The fourth-order valence-corrected chi connectivity index (χ4v) is 3.45. The summed E-state index contributed by atoms with van der Waals surface area (Å²) in [6.45, 7) is 6.89. The molecule has 1 aliphatic heterocycles. The van der Waals surface area contributed by atoms with Crippen LogP contribution in [0.4, 0.5) is 0 Å². The number of para-hydroxylation sites is 1. The standard InChI is InChI=1S/C21H30N2O3/c1-16(2)20(26-15-18-8-5-14-25-18)21(24)22-11-6-12-23-13-10-17-7-3-4-9-19(17)23/h3-4,7,9-10,13,16,18,20H,5-6,8,11-12,14-15H2,1-2H3,(H,22,24). The molecule has 1 aromatic heterocycles. The van der Waals surface area contributed by atoms with Crippen molar-refractivity contribution in [3.05, 3.63) is 36.5 Å². The third-order valence-corrected chi connectivity index (χ3v) is 4.90. The molecule has 1 amide bonds. The van der Waals surface area contributed by atoms with Crippen LogP contribution < -0.4 is 5.32 Å². The Kier molecular flexibility index (Phi) is 6.69. The first-order valence-electron chi connectivity index (χ1n) is 9.70. The van der Waals surface area contributed by atoms with E-state index in [0.29, 0.717) is 13.2 Å². The molecule has 1 aliphatic rings. The fraction of sp³-hybridized carbons (Fsp3) is 0.571. The molecule has 3 rings (SSSR count). The molecule has 1 saturated heterocycles. The number of aryl methyl sites for hydroxylation is 1. The van der Waals surface area contributed by atoms with Gasteiger partial charge in [0.1, 0.15) is 6.10 Å². The van der Waals surface area contributed by atoms with Gasteiger partial charge in [-0.25, -0.2) is 0 Å². The maximum atomic E-state index is 12.5. The second-order valence-electron chi connectivity index (χ2n) is 7.35. The fourth-order valence-electron chi connectivity index (χ4n) is 3.45. The summed E-state index contributed by atoms with van der Waals surface area (Å²) in [4.78, 5) is 12.5. The highest BCUT2D eigenvalue weighted by Gasteiger charge is 2.25. The molecule has 2 aromatic rings. The van der Waals surface area contributed by atoms with Crippen LogP contribution in [0.5, 0.6) is 0 Å². The third-order valence-electron chi connectivity index (χ3n) is 4.90. The van der Waals surface area contributed by atoms with Gasteiger partial charge < -0.3 is 19.4 Å². The summed E-state index contributed by atoms with van der Waals surface area (Å²) in [7, 11) is 0. The molecular weight excluding hydrogens is 328 g/mol. The second kappa shape index (κ2) is 9.19. The van der Waals surface area contributed by atoms with Crippen molar-refractivity contribution in [3.8, 4) is 0 Å². The predicted octanol–water partition coefficient (Wildman–Crippen LogP) is 3.37. The highest BCUT2D eigenvalue weighted by molar-refractivity contribution is 5.81. The average Bonchev–Trinajstić information content (AvgIpc) is 3.28. The number of carbonyl (C=O) groups is 1. The number of aromatic nitrogens is 1. The van der Waals surface area contributed by atoms with Crippen molar-refractivity contribution in [3.63, 3.8) is 0 Å². The summed E-state index contributed by atoms with van der Waals surface area (Å²) in [5.74, 6) is 0.125. The Morgan fingerprint density at radius 1 is 1.35 bits per heavy atom. The SMILES string of the molecule is CC(C)C(OCC1CCCO1)C(=O)NCCCn1ccc2ccccc21. The minimum Gasteiger partial charge on any atom is -0.376 e. The van der Waals surface area contributed by atoms with Crippen LogP contribution in [0.25, 0.3) is 10.9 Å². The molecule has 1 aromatic carbocycles. The summed E-state index contributed by atoms with van der Waals surface area (Å²) < 4.78 is 13.7. The molecule has 0 radical (unpaired) electrons. The second-order valence-corrected chi connectivity index (χ2v) is 7.35. The van der Waals surface area contributed by atoms with Crippen molar-refractivity contribution >= 4 is 16.8 Å². The van der Waals surface area contributed by atoms with Gasteiger partial charge in [-0.05, 0) is 42.7 Å². The van der Waals surface area contributed by atoms with Crippen molar-refractivity contribution in [1.82, 2.24) is 9.88 Å². The number of nitrogens with zero attached hydrogens (tertiary/aromatic N) is 1. The van der Waals surface area contributed by atoms with Gasteiger partial charge in [-0.15, -0.1) is 0 Å². The lowest BCUT2D eigenvalue weighted by atomic mass is 10.1. The van der Waals surface area contributed by atoms with Crippen LogP contribution in [-0.4, -0.2) is 42.4 Å². The molecule has 0 spiro atoms. The van der Waals surface area contributed by atoms with E-state index in [1.54, 1.807) is 0 Å². The zero-order chi connectivity index (χ0) is 18.4. The van der Waals surface area contributed by atoms with Crippen molar-refractivity contribution in [2.45, 2.75) is 51.9 Å². The Morgan fingerprint density at radius 2 is 2.19 bits per heavy atom. The molecule has 1 N–H and O–H groups in total. The van der Waals surface area contributed by atoms with Crippen molar-refractivity contribution in [1.29, 1.82) is 0 Å². The van der Waals surface area contributed by atoms with Crippen molar-refractivity contribution in [2.24, 2.45) is 5.92 Å². The maximum Gasteiger partial charge on any atom is 0.249 e. The van der Waals surface area contributed by atoms with Gasteiger partial charge in [0.25, 0.3) is 0 Å². The smallest absolute Gasteiger partial charge is 0.249 e. The normalized spacial score (nSPS) is 18.5. The van der Waals surface area contributed by atoms with Crippen LogP contribution in [0.1, 0.15) is 33.1 Å². The van der Waals surface area contributed by atoms with Gasteiger partial charge >= 0.3 is 0 Å². The molecule has 26 heavy (non-hydrogen) atoms. The summed E-state index contributed by atoms with van der Waals surface area (Å²) in [6.07, 6.45) is 4.84. The zero-order valence-electron chi connectivity index (χ0n) is 15.8. The summed E-state index contributed by atoms with van der Waals surface area (Å²) in [5.41, 5.74) is 1.23. The van der Waals surface area contributed by atoms with E-state index >= 15 is 0 Å². The lowest BCUT2D eigenvalue weighted by molar-refractivity contribution is -0.138. The summed E-state index contributed by atoms with van der Waals surface area (Å²) in [5, 5.41) is 4.28. The molecule has 0 aliphatic carbocycles. The summed E-state index contributed by atoms with van der Waals surface area (Å²) in [6, 6.07) is 10.5. The van der Waals surface area contributed by atoms with Crippen molar-refractivity contribution in [2.75, 3.05) is 19.8 Å². The Labute approximate surface area is 155 Å². The topological polar surface area (TPSA) is 52.5 Å². The van der Waals surface area contributed by atoms with Crippen molar-refractivity contribution < 1.29 is 14.3 Å². The minimum atomic E-state index is -0.411. The number of amides is 1. The molecular formula is C21H30N2O3. The van der Waals surface area contributed by atoms with Gasteiger partial charge in [-0.3, -0.25) is 4.79 Å². The van der Waals surface area contributed by atoms with Gasteiger partial charge in [-0.2, -0.15) is 0 Å². The third kappa shape index (κ3) is 4.86. The van der Waals surface area contributed by atoms with Crippen LogP contribution in [-0.2, 0) is 20.8 Å². The molecule has 5 heteroatoms. The number of hydrogen-bond donors (Lipinski definition) is 1. The van der Waals surface area contributed by atoms with E-state index < -0.39 is 6.10 Å². The quantitative estimate of drug-likeness (QED) is 0.699. The molecule has 2 atom stereocenters. The van der Waals surface area contributed by atoms with Crippen LogP contribution in [0.2, 0.25) is 0 Å².